The summed E-state index contributed by atoms with van der Waals surface area (Å²) in [6.45, 7) is 4.19. The zero-order valence-electron chi connectivity index (χ0n) is 16.7. The second-order valence-corrected chi connectivity index (χ2v) is 7.24. The summed E-state index contributed by atoms with van der Waals surface area (Å²) in [5.41, 5.74) is 1.47. The van der Waals surface area contributed by atoms with Crippen LogP contribution in [0.4, 0.5) is 5.69 Å². The van der Waals surface area contributed by atoms with Crippen molar-refractivity contribution in [3.63, 3.8) is 0 Å². The molecule has 3 nitrogen and oxygen atoms in total. The fourth-order valence-corrected chi connectivity index (χ4v) is 3.04. The van der Waals surface area contributed by atoms with Crippen LogP contribution in [0.1, 0.15) is 89.5 Å². The fraction of sp³-hybridized carbons (Fsp3) is 0.609. The molecule has 0 radical (unpaired) electrons. The molecule has 1 rings (SSSR count). The SMILES string of the molecule is CCCCCCCCCCCCCC=CC(=O)Nc1cc(C)ccc1O. The van der Waals surface area contributed by atoms with Crippen molar-refractivity contribution in [2.45, 2.75) is 90.9 Å². The average molecular weight is 360 g/mol. The van der Waals surface area contributed by atoms with Gasteiger partial charge in [-0.15, -0.1) is 0 Å². The molecule has 0 aromatic heterocycles. The summed E-state index contributed by atoms with van der Waals surface area (Å²) in [5, 5.41) is 12.4. The van der Waals surface area contributed by atoms with Crippen molar-refractivity contribution in [3.05, 3.63) is 35.9 Å². The Hall–Kier alpha value is -1.77. The minimum atomic E-state index is -0.186. The lowest BCUT2D eigenvalue weighted by Gasteiger charge is -2.06. The molecular formula is C23H37NO2. The molecule has 0 fully saturated rings. The number of hydrogen-bond acceptors (Lipinski definition) is 2. The molecule has 146 valence electrons. The van der Waals surface area contributed by atoms with Gasteiger partial charge in [-0.1, -0.05) is 83.3 Å². The van der Waals surface area contributed by atoms with E-state index >= 15 is 0 Å². The molecule has 0 saturated carbocycles. The van der Waals surface area contributed by atoms with E-state index in [0.717, 1.165) is 18.4 Å². The van der Waals surface area contributed by atoms with E-state index in [9.17, 15) is 9.90 Å². The number of benzene rings is 1. The molecule has 0 aliphatic carbocycles. The van der Waals surface area contributed by atoms with Crippen molar-refractivity contribution < 1.29 is 9.90 Å². The van der Waals surface area contributed by atoms with Crippen LogP contribution in [0.2, 0.25) is 0 Å². The molecule has 0 atom stereocenters. The van der Waals surface area contributed by atoms with Crippen molar-refractivity contribution >= 4 is 11.6 Å². The highest BCUT2D eigenvalue weighted by Crippen LogP contribution is 2.23. The molecule has 0 spiro atoms. The van der Waals surface area contributed by atoms with Crippen molar-refractivity contribution in [2.75, 3.05) is 5.32 Å². The number of aryl methyl sites for hydroxylation is 1. The number of unbranched alkanes of at least 4 members (excludes halogenated alkanes) is 11. The van der Waals surface area contributed by atoms with Gasteiger partial charge < -0.3 is 10.4 Å². The Kier molecular flexibility index (Phi) is 12.3. The van der Waals surface area contributed by atoms with Gasteiger partial charge in [0.1, 0.15) is 5.75 Å². The Morgan fingerprint density at radius 2 is 1.54 bits per heavy atom. The first-order chi connectivity index (χ1) is 12.6. The lowest BCUT2D eigenvalue weighted by atomic mass is 10.1. The van der Waals surface area contributed by atoms with Crippen molar-refractivity contribution in [3.8, 4) is 5.75 Å². The van der Waals surface area contributed by atoms with E-state index in [1.54, 1.807) is 18.2 Å². The number of amides is 1. The molecule has 26 heavy (non-hydrogen) atoms. The van der Waals surface area contributed by atoms with Crippen LogP contribution < -0.4 is 5.32 Å². The van der Waals surface area contributed by atoms with Crippen LogP contribution in [0.3, 0.4) is 0 Å². The van der Waals surface area contributed by atoms with Crippen LogP contribution in [-0.2, 0) is 4.79 Å². The number of nitrogens with one attached hydrogen (secondary N) is 1. The number of anilines is 1. The maximum absolute atomic E-state index is 11.9. The molecule has 1 aromatic rings. The standard InChI is InChI=1S/C23H37NO2/c1-3-4-5-6-7-8-9-10-11-12-13-14-15-16-23(26)24-21-19-20(2)17-18-22(21)25/h15-19,25H,3-14H2,1-2H3,(H,24,26). The molecule has 0 unspecified atom stereocenters. The van der Waals surface area contributed by atoms with Crippen LogP contribution in [0.5, 0.6) is 5.75 Å². The maximum Gasteiger partial charge on any atom is 0.248 e. The molecule has 1 amide bonds. The van der Waals surface area contributed by atoms with Crippen LogP contribution in [-0.4, -0.2) is 11.0 Å². The highest BCUT2D eigenvalue weighted by Gasteiger charge is 2.03. The first kappa shape index (κ1) is 22.3. The number of phenols is 1. The number of carbonyl (C=O) groups is 1. The highest BCUT2D eigenvalue weighted by molar-refractivity contribution is 6.00. The third-order valence-corrected chi connectivity index (χ3v) is 4.65. The van der Waals surface area contributed by atoms with Gasteiger partial charge >= 0.3 is 0 Å². The normalized spacial score (nSPS) is 11.2. The van der Waals surface area contributed by atoms with E-state index < -0.39 is 0 Å². The summed E-state index contributed by atoms with van der Waals surface area (Å²) in [6.07, 6.45) is 19.1. The van der Waals surface area contributed by atoms with E-state index in [-0.39, 0.29) is 11.7 Å². The zero-order chi connectivity index (χ0) is 19.0. The lowest BCUT2D eigenvalue weighted by molar-refractivity contribution is -0.111. The van der Waals surface area contributed by atoms with Crippen molar-refractivity contribution in [2.24, 2.45) is 0 Å². The van der Waals surface area contributed by atoms with Crippen LogP contribution >= 0.6 is 0 Å². The minimum Gasteiger partial charge on any atom is -0.506 e. The first-order valence-corrected chi connectivity index (χ1v) is 10.4. The molecule has 0 saturated heterocycles. The third-order valence-electron chi connectivity index (χ3n) is 4.65. The van der Waals surface area contributed by atoms with E-state index in [0.29, 0.717) is 5.69 Å². The van der Waals surface area contributed by atoms with Crippen LogP contribution in [0.25, 0.3) is 0 Å². The summed E-state index contributed by atoms with van der Waals surface area (Å²) in [4.78, 5) is 11.9. The van der Waals surface area contributed by atoms with E-state index in [1.807, 2.05) is 19.1 Å². The van der Waals surface area contributed by atoms with Gasteiger partial charge in [-0.3, -0.25) is 4.79 Å². The number of phenolic OH excluding ortho intramolecular Hbond substituents is 1. The number of carbonyl (C=O) groups excluding carboxylic acids is 1. The van der Waals surface area contributed by atoms with Gasteiger partial charge in [-0.05, 0) is 43.5 Å². The number of hydrogen-bond donors (Lipinski definition) is 2. The Bertz CT molecular complexity index is 537. The predicted molar refractivity (Wildman–Crippen MR) is 112 cm³/mol. The van der Waals surface area contributed by atoms with Gasteiger partial charge in [0, 0.05) is 0 Å². The summed E-state index contributed by atoms with van der Waals surface area (Å²) >= 11 is 0. The van der Waals surface area contributed by atoms with Gasteiger partial charge in [0.05, 0.1) is 5.69 Å². The molecule has 1 aromatic carbocycles. The summed E-state index contributed by atoms with van der Waals surface area (Å²) in [7, 11) is 0. The zero-order valence-corrected chi connectivity index (χ0v) is 16.7. The Morgan fingerprint density at radius 1 is 0.962 bits per heavy atom. The molecule has 0 bridgehead atoms. The average Bonchev–Trinajstić information content (AvgIpc) is 2.62. The topological polar surface area (TPSA) is 49.3 Å². The second kappa shape index (κ2) is 14.4. The summed E-state index contributed by atoms with van der Waals surface area (Å²) in [6, 6.07) is 5.18. The molecule has 3 heteroatoms. The summed E-state index contributed by atoms with van der Waals surface area (Å²) < 4.78 is 0. The molecule has 0 aliphatic rings. The number of aromatic hydroxyl groups is 1. The fourth-order valence-electron chi connectivity index (χ4n) is 3.04. The number of rotatable bonds is 14. The Balaban J connectivity index is 2.00. The van der Waals surface area contributed by atoms with Gasteiger partial charge in [0.2, 0.25) is 5.91 Å². The second-order valence-electron chi connectivity index (χ2n) is 7.24. The largest absolute Gasteiger partial charge is 0.506 e. The van der Waals surface area contributed by atoms with E-state index in [1.165, 1.54) is 64.2 Å². The van der Waals surface area contributed by atoms with Crippen molar-refractivity contribution in [1.29, 1.82) is 0 Å². The maximum atomic E-state index is 11.9. The van der Waals surface area contributed by atoms with Gasteiger partial charge in [-0.2, -0.15) is 0 Å². The quantitative estimate of drug-likeness (QED) is 0.216. The lowest BCUT2D eigenvalue weighted by Crippen LogP contribution is -2.08. The highest BCUT2D eigenvalue weighted by atomic mass is 16.3. The van der Waals surface area contributed by atoms with Crippen molar-refractivity contribution in [1.82, 2.24) is 0 Å². The molecule has 2 N–H and O–H groups in total. The Labute approximate surface area is 159 Å². The monoisotopic (exact) mass is 359 g/mol. The van der Waals surface area contributed by atoms with Gasteiger partial charge in [0.15, 0.2) is 0 Å². The van der Waals surface area contributed by atoms with E-state index in [2.05, 4.69) is 12.2 Å². The smallest absolute Gasteiger partial charge is 0.248 e. The molecular weight excluding hydrogens is 322 g/mol. The van der Waals surface area contributed by atoms with E-state index in [4.69, 9.17) is 0 Å². The third kappa shape index (κ3) is 11.0. The van der Waals surface area contributed by atoms with Crippen LogP contribution in [0.15, 0.2) is 30.4 Å². The number of allylic oxidation sites excluding steroid dienone is 1. The first-order valence-electron chi connectivity index (χ1n) is 10.4. The molecule has 0 heterocycles. The predicted octanol–water partition coefficient (Wildman–Crippen LogP) is 6.90. The Morgan fingerprint density at radius 3 is 2.15 bits per heavy atom. The minimum absolute atomic E-state index is 0.0997. The van der Waals surface area contributed by atoms with Gasteiger partial charge in [-0.25, -0.2) is 0 Å². The van der Waals surface area contributed by atoms with Crippen LogP contribution in [0, 0.1) is 6.92 Å². The molecule has 0 aliphatic heterocycles. The van der Waals surface area contributed by atoms with Gasteiger partial charge in [0.25, 0.3) is 0 Å². The summed E-state index contributed by atoms with van der Waals surface area (Å²) in [5.74, 6) is -0.0864.